The van der Waals surface area contributed by atoms with Crippen molar-refractivity contribution in [1.29, 1.82) is 0 Å². The van der Waals surface area contributed by atoms with Crippen LogP contribution in [0.2, 0.25) is 5.02 Å². The highest BCUT2D eigenvalue weighted by Crippen LogP contribution is 2.40. The number of rotatable bonds is 4. The van der Waals surface area contributed by atoms with Gasteiger partial charge in [-0.05, 0) is 12.1 Å². The molecule has 1 aromatic carbocycles. The lowest BCUT2D eigenvalue weighted by Gasteiger charge is -2.39. The van der Waals surface area contributed by atoms with Crippen LogP contribution in [0.3, 0.4) is 0 Å². The average Bonchev–Trinajstić information content (AvgIpc) is 2.48. The molecule has 2 N–H and O–H groups in total. The van der Waals surface area contributed by atoms with Gasteiger partial charge in [0.25, 0.3) is 5.92 Å². The highest BCUT2D eigenvalue weighted by Gasteiger charge is 2.46. The minimum Gasteiger partial charge on any atom is -0.390 e. The first kappa shape index (κ1) is 16.5. The van der Waals surface area contributed by atoms with Gasteiger partial charge in [0.05, 0.1) is 5.02 Å². The molecule has 1 heterocycles. The molecule has 8 heteroatoms. The van der Waals surface area contributed by atoms with Gasteiger partial charge >= 0.3 is 0 Å². The molecule has 0 radical (unpaired) electrons. The van der Waals surface area contributed by atoms with Gasteiger partial charge in [-0.2, -0.15) is 0 Å². The molecule has 118 valence electrons. The van der Waals surface area contributed by atoms with E-state index < -0.39 is 40.8 Å². The summed E-state index contributed by atoms with van der Waals surface area (Å²) in [4.78, 5) is 1.25. The molecule has 1 aromatic rings. The summed E-state index contributed by atoms with van der Waals surface area (Å²) in [7, 11) is 0. The zero-order valence-electron chi connectivity index (χ0n) is 11.1. The number of benzene rings is 1. The monoisotopic (exact) mass is 326 g/mol. The van der Waals surface area contributed by atoms with E-state index in [1.165, 1.54) is 4.90 Å². The van der Waals surface area contributed by atoms with Gasteiger partial charge < -0.3 is 10.4 Å². The Morgan fingerprint density at radius 1 is 1.29 bits per heavy atom. The molecule has 0 unspecified atom stereocenters. The van der Waals surface area contributed by atoms with Crippen LogP contribution in [0, 0.1) is 11.6 Å². The highest BCUT2D eigenvalue weighted by molar-refractivity contribution is 6.30. The fraction of sp³-hybridized carbons (Fsp3) is 0.538. The molecule has 0 saturated carbocycles. The molecule has 1 aliphatic heterocycles. The van der Waals surface area contributed by atoms with E-state index in [1.54, 1.807) is 0 Å². The second-order valence-corrected chi connectivity index (χ2v) is 5.27. The molecule has 1 aliphatic rings. The topological polar surface area (TPSA) is 35.5 Å². The van der Waals surface area contributed by atoms with Crippen LogP contribution < -0.4 is 5.32 Å². The van der Waals surface area contributed by atoms with Crippen LogP contribution in [0.4, 0.5) is 17.6 Å². The third-order valence-electron chi connectivity index (χ3n) is 3.48. The van der Waals surface area contributed by atoms with Gasteiger partial charge in [0.15, 0.2) is 0 Å². The molecule has 0 aliphatic carbocycles. The van der Waals surface area contributed by atoms with E-state index in [4.69, 9.17) is 16.7 Å². The first-order valence-electron chi connectivity index (χ1n) is 6.45. The smallest absolute Gasteiger partial charge is 0.290 e. The fourth-order valence-corrected chi connectivity index (χ4v) is 2.65. The molecule has 0 amide bonds. The fourth-order valence-electron chi connectivity index (χ4n) is 2.48. The van der Waals surface area contributed by atoms with Gasteiger partial charge in [0.1, 0.15) is 24.3 Å². The zero-order chi connectivity index (χ0) is 15.6. The van der Waals surface area contributed by atoms with E-state index in [-0.39, 0.29) is 13.1 Å². The summed E-state index contributed by atoms with van der Waals surface area (Å²) in [6.45, 7) is -0.298. The standard InChI is InChI=1S/C13H15ClF4N2O/c14-8-1-2-9(15)10(11(8)16)12(13(17,18)7-21)20-5-3-19-4-6-20/h1-2,12,19,21H,3-7H2/t12-/m1/s1. The van der Waals surface area contributed by atoms with Gasteiger partial charge in [-0.3, -0.25) is 4.90 Å². The highest BCUT2D eigenvalue weighted by atomic mass is 35.5. The molecule has 3 nitrogen and oxygen atoms in total. The second kappa shape index (κ2) is 6.48. The zero-order valence-corrected chi connectivity index (χ0v) is 11.8. The molecule has 1 atom stereocenters. The van der Waals surface area contributed by atoms with Gasteiger partial charge in [-0.15, -0.1) is 0 Å². The van der Waals surface area contributed by atoms with Crippen molar-refractivity contribution in [2.75, 3.05) is 32.8 Å². The maximum absolute atomic E-state index is 14.1. The number of hydrogen-bond donors (Lipinski definition) is 2. The van der Waals surface area contributed by atoms with Crippen molar-refractivity contribution in [1.82, 2.24) is 10.2 Å². The van der Waals surface area contributed by atoms with Crippen molar-refractivity contribution in [3.8, 4) is 0 Å². The van der Waals surface area contributed by atoms with Crippen molar-refractivity contribution in [2.24, 2.45) is 0 Å². The van der Waals surface area contributed by atoms with E-state index in [0.29, 0.717) is 13.1 Å². The number of nitrogens with one attached hydrogen (secondary N) is 1. The predicted molar refractivity (Wildman–Crippen MR) is 70.6 cm³/mol. The summed E-state index contributed by atoms with van der Waals surface area (Å²) in [5, 5.41) is 11.5. The minimum atomic E-state index is -3.69. The average molecular weight is 327 g/mol. The van der Waals surface area contributed by atoms with Crippen molar-refractivity contribution >= 4 is 11.6 Å². The molecule has 1 saturated heterocycles. The van der Waals surface area contributed by atoms with Crippen LogP contribution in [0.15, 0.2) is 12.1 Å². The Balaban J connectivity index is 2.52. The van der Waals surface area contributed by atoms with Gasteiger partial charge in [0.2, 0.25) is 0 Å². The Kier molecular flexibility index (Phi) is 5.08. The summed E-state index contributed by atoms with van der Waals surface area (Å²) < 4.78 is 56.2. The molecule has 1 fully saturated rings. The number of nitrogens with zero attached hydrogens (tertiary/aromatic N) is 1. The van der Waals surface area contributed by atoms with Crippen molar-refractivity contribution in [3.63, 3.8) is 0 Å². The molecular formula is C13H15ClF4N2O. The van der Waals surface area contributed by atoms with E-state index in [9.17, 15) is 17.6 Å². The lowest BCUT2D eigenvalue weighted by Crippen LogP contribution is -2.51. The summed E-state index contributed by atoms with van der Waals surface area (Å²) in [6, 6.07) is -0.0753. The maximum Gasteiger partial charge on any atom is 0.290 e. The first-order valence-corrected chi connectivity index (χ1v) is 6.83. The summed E-state index contributed by atoms with van der Waals surface area (Å²) in [5.74, 6) is -6.01. The lowest BCUT2D eigenvalue weighted by atomic mass is 9.97. The van der Waals surface area contributed by atoms with Gasteiger partial charge in [0, 0.05) is 31.7 Å². The van der Waals surface area contributed by atoms with E-state index in [2.05, 4.69) is 5.32 Å². The van der Waals surface area contributed by atoms with E-state index >= 15 is 0 Å². The molecule has 0 aromatic heterocycles. The Labute approximate surface area is 124 Å². The molecule has 0 spiro atoms. The van der Waals surface area contributed by atoms with Crippen LogP contribution >= 0.6 is 11.6 Å². The molecular weight excluding hydrogens is 312 g/mol. The Bertz CT molecular complexity index is 509. The third-order valence-corrected chi connectivity index (χ3v) is 3.77. The quantitative estimate of drug-likeness (QED) is 0.658. The number of piperazine rings is 1. The number of hydrogen-bond acceptors (Lipinski definition) is 3. The Morgan fingerprint density at radius 2 is 1.90 bits per heavy atom. The van der Waals surface area contributed by atoms with Crippen LogP contribution in [-0.4, -0.2) is 48.7 Å². The number of halogens is 5. The largest absolute Gasteiger partial charge is 0.390 e. The van der Waals surface area contributed by atoms with Crippen LogP contribution in [0.1, 0.15) is 11.6 Å². The maximum atomic E-state index is 14.1. The SMILES string of the molecule is OCC(F)(F)[C@@H](c1c(F)ccc(Cl)c1F)N1CCNCC1. The van der Waals surface area contributed by atoms with E-state index in [1.807, 2.05) is 0 Å². The molecule has 2 rings (SSSR count). The number of alkyl halides is 2. The van der Waals surface area contributed by atoms with Crippen molar-refractivity contribution < 1.29 is 22.7 Å². The van der Waals surface area contributed by atoms with Crippen LogP contribution in [0.5, 0.6) is 0 Å². The van der Waals surface area contributed by atoms with Gasteiger partial charge in [-0.25, -0.2) is 17.6 Å². The summed E-state index contributed by atoms with van der Waals surface area (Å²) in [6.07, 6.45) is 0. The summed E-state index contributed by atoms with van der Waals surface area (Å²) in [5.41, 5.74) is -0.802. The van der Waals surface area contributed by atoms with Gasteiger partial charge in [-0.1, -0.05) is 11.6 Å². The normalized spacial score (nSPS) is 18.8. The molecule has 21 heavy (non-hydrogen) atoms. The van der Waals surface area contributed by atoms with Crippen LogP contribution in [0.25, 0.3) is 0 Å². The van der Waals surface area contributed by atoms with E-state index in [0.717, 1.165) is 12.1 Å². The Hall–Kier alpha value is -0.890. The number of aliphatic hydroxyl groups excluding tert-OH is 1. The van der Waals surface area contributed by atoms with Crippen molar-refractivity contribution in [3.05, 3.63) is 34.4 Å². The first-order chi connectivity index (χ1) is 9.88. The second-order valence-electron chi connectivity index (χ2n) is 4.86. The minimum absolute atomic E-state index is 0.186. The van der Waals surface area contributed by atoms with Crippen molar-refractivity contribution in [2.45, 2.75) is 12.0 Å². The molecule has 0 bridgehead atoms. The summed E-state index contributed by atoms with van der Waals surface area (Å²) >= 11 is 5.58. The van der Waals surface area contributed by atoms with Crippen LogP contribution in [-0.2, 0) is 0 Å². The predicted octanol–water partition coefficient (Wildman–Crippen LogP) is 2.19. The Morgan fingerprint density at radius 3 is 2.48 bits per heavy atom. The third kappa shape index (κ3) is 3.31. The lowest BCUT2D eigenvalue weighted by molar-refractivity contribution is -0.120. The number of aliphatic hydroxyl groups is 1.